The number of rotatable bonds is 3. The number of benzene rings is 1. The Morgan fingerprint density at radius 1 is 1.42 bits per heavy atom. The van der Waals surface area contributed by atoms with Crippen LogP contribution in [-0.4, -0.2) is 31.7 Å². The Bertz CT molecular complexity index is 488. The van der Waals surface area contributed by atoms with Gasteiger partial charge < -0.3 is 16.0 Å². The second-order valence-electron chi connectivity index (χ2n) is 4.42. The highest BCUT2D eigenvalue weighted by atomic mass is 19.4. The van der Waals surface area contributed by atoms with E-state index in [0.717, 1.165) is 17.7 Å². The van der Waals surface area contributed by atoms with Gasteiger partial charge in [-0.15, -0.1) is 0 Å². The minimum absolute atomic E-state index is 0.114. The standard InChI is InChI=1S/C12H14F3N3O/c13-12(14,15)7-17-10(19)6-18-5-4-8-2-1-3-9(16)11(8)18/h1-3H,4-7,16H2,(H,17,19). The summed E-state index contributed by atoms with van der Waals surface area (Å²) in [5.74, 6) is -0.659. The van der Waals surface area contributed by atoms with Gasteiger partial charge in [0.05, 0.1) is 17.9 Å². The highest BCUT2D eigenvalue weighted by Gasteiger charge is 2.29. The average molecular weight is 273 g/mol. The van der Waals surface area contributed by atoms with Gasteiger partial charge in [0, 0.05) is 6.54 Å². The van der Waals surface area contributed by atoms with Crippen molar-refractivity contribution in [3.63, 3.8) is 0 Å². The van der Waals surface area contributed by atoms with Crippen LogP contribution in [0.15, 0.2) is 18.2 Å². The molecule has 19 heavy (non-hydrogen) atoms. The number of halogens is 3. The van der Waals surface area contributed by atoms with E-state index in [1.165, 1.54) is 0 Å². The smallest absolute Gasteiger partial charge is 0.397 e. The molecular weight excluding hydrogens is 259 g/mol. The molecule has 1 heterocycles. The number of nitrogens with zero attached hydrogens (tertiary/aromatic N) is 1. The average Bonchev–Trinajstić information content (AvgIpc) is 2.70. The molecule has 0 unspecified atom stereocenters. The Labute approximate surface area is 108 Å². The van der Waals surface area contributed by atoms with Crippen LogP contribution in [-0.2, 0) is 11.2 Å². The number of para-hydroxylation sites is 1. The molecule has 1 amide bonds. The van der Waals surface area contributed by atoms with E-state index < -0.39 is 18.6 Å². The van der Waals surface area contributed by atoms with Crippen molar-refractivity contribution in [1.29, 1.82) is 0 Å². The number of alkyl halides is 3. The second kappa shape index (κ2) is 4.99. The first kappa shape index (κ1) is 13.5. The van der Waals surface area contributed by atoms with Gasteiger partial charge in [0.1, 0.15) is 6.54 Å². The number of nitrogens with one attached hydrogen (secondary N) is 1. The SMILES string of the molecule is Nc1cccc2c1N(CC(=O)NCC(F)(F)F)CC2. The third-order valence-corrected chi connectivity index (χ3v) is 2.94. The highest BCUT2D eigenvalue weighted by molar-refractivity contribution is 5.85. The van der Waals surface area contributed by atoms with Crippen LogP contribution in [0.5, 0.6) is 0 Å². The molecule has 0 spiro atoms. The fourth-order valence-corrected chi connectivity index (χ4v) is 2.15. The van der Waals surface area contributed by atoms with Gasteiger partial charge in [-0.1, -0.05) is 12.1 Å². The molecule has 0 saturated carbocycles. The Morgan fingerprint density at radius 3 is 2.84 bits per heavy atom. The van der Waals surface area contributed by atoms with E-state index in [4.69, 9.17) is 5.73 Å². The van der Waals surface area contributed by atoms with E-state index >= 15 is 0 Å². The number of amides is 1. The molecule has 0 aromatic heterocycles. The molecule has 1 aliphatic rings. The molecule has 0 atom stereocenters. The molecule has 0 radical (unpaired) electrons. The summed E-state index contributed by atoms with van der Waals surface area (Å²) in [7, 11) is 0. The maximum Gasteiger partial charge on any atom is 0.405 e. The number of hydrogen-bond donors (Lipinski definition) is 2. The third kappa shape index (κ3) is 3.30. The predicted octanol–water partition coefficient (Wildman–Crippen LogP) is 1.31. The van der Waals surface area contributed by atoms with Crippen LogP contribution in [0.1, 0.15) is 5.56 Å². The van der Waals surface area contributed by atoms with Gasteiger partial charge in [-0.25, -0.2) is 0 Å². The molecular formula is C12H14F3N3O. The fraction of sp³-hybridized carbons (Fsp3) is 0.417. The summed E-state index contributed by atoms with van der Waals surface area (Å²) < 4.78 is 36.0. The first-order valence-corrected chi connectivity index (χ1v) is 5.82. The predicted molar refractivity (Wildman–Crippen MR) is 65.8 cm³/mol. The van der Waals surface area contributed by atoms with Crippen molar-refractivity contribution in [2.75, 3.05) is 30.3 Å². The molecule has 4 nitrogen and oxygen atoms in total. The normalized spacial score (nSPS) is 14.4. The topological polar surface area (TPSA) is 58.4 Å². The van der Waals surface area contributed by atoms with Gasteiger partial charge in [0.25, 0.3) is 0 Å². The summed E-state index contributed by atoms with van der Waals surface area (Å²) in [5.41, 5.74) is 8.14. The minimum atomic E-state index is -4.39. The van der Waals surface area contributed by atoms with Gasteiger partial charge in [-0.3, -0.25) is 4.79 Å². The van der Waals surface area contributed by atoms with Crippen molar-refractivity contribution in [3.8, 4) is 0 Å². The molecule has 3 N–H and O–H groups in total. The molecule has 104 valence electrons. The fourth-order valence-electron chi connectivity index (χ4n) is 2.15. The lowest BCUT2D eigenvalue weighted by atomic mass is 10.1. The molecule has 1 aromatic rings. The zero-order valence-electron chi connectivity index (χ0n) is 10.1. The van der Waals surface area contributed by atoms with Crippen molar-refractivity contribution >= 4 is 17.3 Å². The van der Waals surface area contributed by atoms with Crippen molar-refractivity contribution in [2.24, 2.45) is 0 Å². The molecule has 0 saturated heterocycles. The molecule has 0 aliphatic carbocycles. The Balaban J connectivity index is 1.98. The molecule has 0 fully saturated rings. The molecule has 1 aliphatic heterocycles. The number of nitrogen functional groups attached to an aromatic ring is 1. The lowest BCUT2D eigenvalue weighted by molar-refractivity contribution is -0.137. The summed E-state index contributed by atoms with van der Waals surface area (Å²) in [6.07, 6.45) is -3.65. The number of fused-ring (bicyclic) bond motifs is 1. The summed E-state index contributed by atoms with van der Waals surface area (Å²) in [6, 6.07) is 5.44. The molecule has 0 bridgehead atoms. The lowest BCUT2D eigenvalue weighted by Crippen LogP contribution is -2.40. The van der Waals surface area contributed by atoms with E-state index in [0.29, 0.717) is 12.2 Å². The largest absolute Gasteiger partial charge is 0.405 e. The number of hydrogen-bond acceptors (Lipinski definition) is 3. The van der Waals surface area contributed by atoms with Crippen LogP contribution in [0.2, 0.25) is 0 Å². The van der Waals surface area contributed by atoms with Gasteiger partial charge >= 0.3 is 6.18 Å². The van der Waals surface area contributed by atoms with E-state index in [-0.39, 0.29) is 6.54 Å². The maximum absolute atomic E-state index is 12.0. The molecule has 7 heteroatoms. The summed E-state index contributed by atoms with van der Waals surface area (Å²) in [5, 5.41) is 1.85. The monoisotopic (exact) mass is 273 g/mol. The van der Waals surface area contributed by atoms with Gasteiger partial charge in [0.15, 0.2) is 0 Å². The van der Waals surface area contributed by atoms with Gasteiger partial charge in [0.2, 0.25) is 5.91 Å². The van der Waals surface area contributed by atoms with Crippen LogP contribution < -0.4 is 16.0 Å². The summed E-state index contributed by atoms with van der Waals surface area (Å²) >= 11 is 0. The molecule has 2 rings (SSSR count). The van der Waals surface area contributed by atoms with Crippen LogP contribution in [0.3, 0.4) is 0 Å². The minimum Gasteiger partial charge on any atom is -0.397 e. The zero-order chi connectivity index (χ0) is 14.0. The van der Waals surface area contributed by atoms with Crippen LogP contribution >= 0.6 is 0 Å². The highest BCUT2D eigenvalue weighted by Crippen LogP contribution is 2.33. The van der Waals surface area contributed by atoms with E-state index in [1.807, 2.05) is 17.4 Å². The summed E-state index contributed by atoms with van der Waals surface area (Å²) in [6.45, 7) is -0.836. The Kier molecular flexibility index (Phi) is 3.55. The maximum atomic E-state index is 12.0. The van der Waals surface area contributed by atoms with Gasteiger partial charge in [-0.2, -0.15) is 13.2 Å². The number of anilines is 2. The number of nitrogens with two attached hydrogens (primary N) is 1. The van der Waals surface area contributed by atoms with Gasteiger partial charge in [-0.05, 0) is 18.1 Å². The Morgan fingerprint density at radius 2 is 2.16 bits per heavy atom. The van der Waals surface area contributed by atoms with Crippen molar-refractivity contribution < 1.29 is 18.0 Å². The van der Waals surface area contributed by atoms with Crippen molar-refractivity contribution in [1.82, 2.24) is 5.32 Å². The molecule has 1 aromatic carbocycles. The zero-order valence-corrected chi connectivity index (χ0v) is 10.1. The first-order valence-electron chi connectivity index (χ1n) is 5.82. The van der Waals surface area contributed by atoms with E-state index in [2.05, 4.69) is 0 Å². The first-order chi connectivity index (χ1) is 8.87. The lowest BCUT2D eigenvalue weighted by Gasteiger charge is -2.20. The second-order valence-corrected chi connectivity index (χ2v) is 4.42. The quantitative estimate of drug-likeness (QED) is 0.816. The number of carbonyl (C=O) groups is 1. The Hall–Kier alpha value is -1.92. The third-order valence-electron chi connectivity index (χ3n) is 2.94. The summed E-state index contributed by atoms with van der Waals surface area (Å²) in [4.78, 5) is 13.2. The number of carbonyl (C=O) groups excluding carboxylic acids is 1. The van der Waals surface area contributed by atoms with E-state index in [9.17, 15) is 18.0 Å². The van der Waals surface area contributed by atoms with Crippen LogP contribution in [0.4, 0.5) is 24.5 Å². The van der Waals surface area contributed by atoms with Crippen molar-refractivity contribution in [2.45, 2.75) is 12.6 Å². The van der Waals surface area contributed by atoms with Crippen molar-refractivity contribution in [3.05, 3.63) is 23.8 Å². The van der Waals surface area contributed by atoms with Crippen LogP contribution in [0.25, 0.3) is 0 Å². The van der Waals surface area contributed by atoms with Crippen LogP contribution in [0, 0.1) is 0 Å². The van der Waals surface area contributed by atoms with E-state index in [1.54, 1.807) is 11.0 Å².